The number of hydrogen-bond donors (Lipinski definition) is 2. The fourth-order valence-electron chi connectivity index (χ4n) is 5.53. The van der Waals surface area contributed by atoms with Gasteiger partial charge in [-0.3, -0.25) is 4.79 Å². The first-order valence-corrected chi connectivity index (χ1v) is 8.96. The maximum atomic E-state index is 13.0. The first kappa shape index (κ1) is 15.2. The van der Waals surface area contributed by atoms with Crippen molar-refractivity contribution in [2.75, 3.05) is 0 Å². The molecule has 4 saturated carbocycles. The van der Waals surface area contributed by atoms with Crippen LogP contribution in [0, 0.1) is 17.8 Å². The van der Waals surface area contributed by atoms with Crippen LogP contribution in [-0.4, -0.2) is 22.7 Å². The number of aliphatic hydroxyl groups is 1. The second kappa shape index (κ2) is 5.07. The van der Waals surface area contributed by atoms with E-state index in [0.717, 1.165) is 24.8 Å². The van der Waals surface area contributed by atoms with Crippen molar-refractivity contribution in [3.05, 3.63) is 35.9 Å². The summed E-state index contributed by atoms with van der Waals surface area (Å²) in [5, 5.41) is 14.0. The lowest BCUT2D eigenvalue weighted by Crippen LogP contribution is -2.62. The van der Waals surface area contributed by atoms with Crippen molar-refractivity contribution >= 4 is 5.91 Å². The molecule has 4 bridgehead atoms. The highest BCUT2D eigenvalue weighted by atomic mass is 16.3. The van der Waals surface area contributed by atoms with E-state index < -0.39 is 11.0 Å². The summed E-state index contributed by atoms with van der Waals surface area (Å²) in [6.07, 6.45) is 5.08. The van der Waals surface area contributed by atoms with E-state index >= 15 is 0 Å². The molecule has 0 aromatic heterocycles. The normalized spacial score (nSPS) is 38.6. The maximum Gasteiger partial charge on any atom is 0.230 e. The van der Waals surface area contributed by atoms with Crippen LogP contribution in [0.3, 0.4) is 0 Å². The van der Waals surface area contributed by atoms with E-state index in [9.17, 15) is 9.90 Å². The van der Waals surface area contributed by atoms with Crippen molar-refractivity contribution in [2.24, 2.45) is 17.8 Å². The fourth-order valence-corrected chi connectivity index (χ4v) is 5.53. The van der Waals surface area contributed by atoms with Gasteiger partial charge in [-0.2, -0.15) is 0 Å². The Kier molecular flexibility index (Phi) is 3.35. The summed E-state index contributed by atoms with van der Waals surface area (Å²) in [5.74, 6) is 1.71. The fraction of sp³-hybridized carbons (Fsp3) is 0.650. The van der Waals surface area contributed by atoms with E-state index in [1.807, 2.05) is 44.2 Å². The van der Waals surface area contributed by atoms with Gasteiger partial charge >= 0.3 is 0 Å². The third kappa shape index (κ3) is 2.50. The third-order valence-electron chi connectivity index (χ3n) is 6.60. The van der Waals surface area contributed by atoms with Crippen LogP contribution in [0.4, 0.5) is 0 Å². The summed E-state index contributed by atoms with van der Waals surface area (Å²) in [4.78, 5) is 13.0. The average Bonchev–Trinajstić information content (AvgIpc) is 2.50. The second-order valence-electron chi connectivity index (χ2n) is 8.68. The molecule has 0 radical (unpaired) electrons. The monoisotopic (exact) mass is 313 g/mol. The van der Waals surface area contributed by atoms with E-state index in [1.54, 1.807) is 0 Å². The number of amides is 1. The average molecular weight is 313 g/mol. The van der Waals surface area contributed by atoms with Gasteiger partial charge in [0.1, 0.15) is 0 Å². The van der Waals surface area contributed by atoms with Gasteiger partial charge in [-0.05, 0) is 69.3 Å². The van der Waals surface area contributed by atoms with Gasteiger partial charge < -0.3 is 10.4 Å². The van der Waals surface area contributed by atoms with Crippen LogP contribution in [0.1, 0.15) is 51.5 Å². The van der Waals surface area contributed by atoms with Gasteiger partial charge in [0.05, 0.1) is 11.0 Å². The van der Waals surface area contributed by atoms with E-state index in [4.69, 9.17) is 0 Å². The molecule has 124 valence electrons. The molecule has 1 amide bonds. The van der Waals surface area contributed by atoms with Crippen molar-refractivity contribution in [2.45, 2.75) is 63.0 Å². The summed E-state index contributed by atoms with van der Waals surface area (Å²) < 4.78 is 0. The molecule has 5 rings (SSSR count). The van der Waals surface area contributed by atoms with Gasteiger partial charge in [-0.25, -0.2) is 0 Å². The van der Waals surface area contributed by atoms with Crippen molar-refractivity contribution in [3.8, 4) is 0 Å². The number of rotatable bonds is 3. The molecule has 3 heteroatoms. The second-order valence-corrected chi connectivity index (χ2v) is 8.68. The van der Waals surface area contributed by atoms with E-state index in [1.165, 1.54) is 12.8 Å². The van der Waals surface area contributed by atoms with Gasteiger partial charge in [-0.15, -0.1) is 0 Å². The van der Waals surface area contributed by atoms with E-state index in [2.05, 4.69) is 5.32 Å². The van der Waals surface area contributed by atoms with E-state index in [0.29, 0.717) is 17.8 Å². The zero-order valence-electron chi connectivity index (χ0n) is 14.1. The Balaban J connectivity index is 1.51. The minimum atomic E-state index is -0.521. The van der Waals surface area contributed by atoms with Crippen LogP contribution < -0.4 is 5.32 Å². The molecule has 4 aliphatic rings. The quantitative estimate of drug-likeness (QED) is 0.901. The predicted molar refractivity (Wildman–Crippen MR) is 89.9 cm³/mol. The zero-order valence-corrected chi connectivity index (χ0v) is 14.1. The van der Waals surface area contributed by atoms with E-state index in [-0.39, 0.29) is 11.9 Å². The summed E-state index contributed by atoms with van der Waals surface area (Å²) in [6, 6.07) is 10.3. The molecule has 3 nitrogen and oxygen atoms in total. The van der Waals surface area contributed by atoms with Crippen molar-refractivity contribution in [3.63, 3.8) is 0 Å². The Bertz CT molecular complexity index is 593. The highest BCUT2D eigenvalue weighted by molar-refractivity contribution is 5.87. The number of hydrogen-bond acceptors (Lipinski definition) is 2. The Labute approximate surface area is 138 Å². The molecule has 2 N–H and O–H groups in total. The molecule has 0 unspecified atom stereocenters. The lowest BCUT2D eigenvalue weighted by atomic mass is 9.52. The van der Waals surface area contributed by atoms with Gasteiger partial charge in [-0.1, -0.05) is 30.3 Å². The molecular formula is C20H27NO2. The standard InChI is InChI=1S/C20H27NO2/c1-19(2,16-6-4-3-5-7-16)18(22)21-17-14-8-13-9-15(17)12-20(23,10-13)11-14/h3-7,13-15,17,23H,8-12H2,1-2H3,(H,21,22)/t13?,14-,15-,17?,20?/m1/s1. The SMILES string of the molecule is CC(C)(C(=O)NC1[C@@H]2CC3C[C@@H]1CC(O)(C3)C2)c1ccccc1. The topological polar surface area (TPSA) is 49.3 Å². The van der Waals surface area contributed by atoms with Crippen LogP contribution in [0.15, 0.2) is 30.3 Å². The number of carbonyl (C=O) groups excluding carboxylic acids is 1. The minimum Gasteiger partial charge on any atom is -0.390 e. The molecule has 4 fully saturated rings. The van der Waals surface area contributed by atoms with Crippen molar-refractivity contribution in [1.29, 1.82) is 0 Å². The molecular weight excluding hydrogens is 286 g/mol. The molecule has 4 aliphatic carbocycles. The Hall–Kier alpha value is -1.35. The van der Waals surface area contributed by atoms with Crippen LogP contribution in [0.5, 0.6) is 0 Å². The molecule has 23 heavy (non-hydrogen) atoms. The number of carbonyl (C=O) groups is 1. The van der Waals surface area contributed by atoms with Crippen LogP contribution in [-0.2, 0) is 10.2 Å². The number of nitrogens with one attached hydrogen (secondary N) is 1. The third-order valence-corrected chi connectivity index (χ3v) is 6.60. The van der Waals surface area contributed by atoms with Crippen LogP contribution in [0.25, 0.3) is 0 Å². The molecule has 0 saturated heterocycles. The molecule has 1 aromatic rings. The highest BCUT2D eigenvalue weighted by Gasteiger charge is 2.55. The molecule has 0 aliphatic heterocycles. The van der Waals surface area contributed by atoms with Gasteiger partial charge in [0, 0.05) is 6.04 Å². The van der Waals surface area contributed by atoms with Crippen molar-refractivity contribution < 1.29 is 9.90 Å². The lowest BCUT2D eigenvalue weighted by Gasteiger charge is -2.58. The summed E-state index contributed by atoms with van der Waals surface area (Å²) in [5.41, 5.74) is 0.0967. The Morgan fingerprint density at radius 1 is 1.13 bits per heavy atom. The molecule has 0 heterocycles. The van der Waals surface area contributed by atoms with Gasteiger partial charge in [0.25, 0.3) is 0 Å². The lowest BCUT2D eigenvalue weighted by molar-refractivity contribution is -0.148. The maximum absolute atomic E-state index is 13.0. The molecule has 0 spiro atoms. The predicted octanol–water partition coefficient (Wildman–Crippen LogP) is 3.02. The minimum absolute atomic E-state index is 0.119. The smallest absolute Gasteiger partial charge is 0.230 e. The summed E-state index contributed by atoms with van der Waals surface area (Å²) in [7, 11) is 0. The Morgan fingerprint density at radius 3 is 2.30 bits per heavy atom. The summed E-state index contributed by atoms with van der Waals surface area (Å²) in [6.45, 7) is 4.00. The van der Waals surface area contributed by atoms with Crippen molar-refractivity contribution in [1.82, 2.24) is 5.32 Å². The highest BCUT2D eigenvalue weighted by Crippen LogP contribution is 2.55. The molecule has 2 atom stereocenters. The largest absolute Gasteiger partial charge is 0.390 e. The zero-order chi connectivity index (χ0) is 16.2. The van der Waals surface area contributed by atoms with Gasteiger partial charge in [0.2, 0.25) is 5.91 Å². The van der Waals surface area contributed by atoms with Crippen LogP contribution >= 0.6 is 0 Å². The molecule has 1 aromatic carbocycles. The first-order chi connectivity index (χ1) is 10.9. The summed E-state index contributed by atoms with van der Waals surface area (Å²) >= 11 is 0. The first-order valence-electron chi connectivity index (χ1n) is 8.96. The van der Waals surface area contributed by atoms with Crippen LogP contribution in [0.2, 0.25) is 0 Å². The van der Waals surface area contributed by atoms with Gasteiger partial charge in [0.15, 0.2) is 0 Å². The Morgan fingerprint density at radius 2 is 1.74 bits per heavy atom. The number of benzene rings is 1.